The van der Waals surface area contributed by atoms with Crippen molar-refractivity contribution in [1.82, 2.24) is 0 Å². The second-order valence-electron chi connectivity index (χ2n) is 7.09. The molecule has 1 aromatic rings. The first-order valence-corrected chi connectivity index (χ1v) is 8.30. The summed E-state index contributed by atoms with van der Waals surface area (Å²) in [4.78, 5) is 12.0. The first kappa shape index (κ1) is 19.6. The number of carbonyl (C=O) groups is 1. The molecule has 1 aliphatic heterocycles. The Morgan fingerprint density at radius 1 is 1.08 bits per heavy atom. The van der Waals surface area contributed by atoms with E-state index < -0.39 is 24.1 Å². The van der Waals surface area contributed by atoms with Gasteiger partial charge in [-0.1, -0.05) is 12.1 Å². The third-order valence-corrected chi connectivity index (χ3v) is 5.05. The van der Waals surface area contributed by atoms with Crippen LogP contribution in [0.4, 0.5) is 0 Å². The minimum absolute atomic E-state index is 0.108. The maximum atomic E-state index is 12.0. The molecular formula is C18H27BO6. The summed E-state index contributed by atoms with van der Waals surface area (Å²) < 4.78 is 28.1. The van der Waals surface area contributed by atoms with Crippen LogP contribution in [-0.4, -0.2) is 45.6 Å². The van der Waals surface area contributed by atoms with Gasteiger partial charge < -0.3 is 23.5 Å². The topological polar surface area (TPSA) is 63.2 Å². The highest BCUT2D eigenvalue weighted by molar-refractivity contribution is 6.48. The fourth-order valence-corrected chi connectivity index (χ4v) is 2.87. The van der Waals surface area contributed by atoms with Gasteiger partial charge in [-0.3, -0.25) is 4.79 Å². The molecule has 1 saturated heterocycles. The Kier molecular flexibility index (Phi) is 5.69. The van der Waals surface area contributed by atoms with E-state index in [1.165, 1.54) is 7.11 Å². The Morgan fingerprint density at radius 2 is 1.68 bits per heavy atom. The zero-order valence-corrected chi connectivity index (χ0v) is 16.0. The van der Waals surface area contributed by atoms with Crippen LogP contribution < -0.4 is 9.47 Å². The Labute approximate surface area is 149 Å². The van der Waals surface area contributed by atoms with Gasteiger partial charge in [0, 0.05) is 5.82 Å². The summed E-state index contributed by atoms with van der Waals surface area (Å²) in [7, 11) is 3.91. The van der Waals surface area contributed by atoms with Crippen LogP contribution in [0.25, 0.3) is 0 Å². The molecule has 1 unspecified atom stereocenters. The van der Waals surface area contributed by atoms with Crippen LogP contribution in [0.1, 0.15) is 45.5 Å². The minimum atomic E-state index is -0.606. The lowest BCUT2D eigenvalue weighted by Crippen LogP contribution is -2.41. The number of carbonyl (C=O) groups excluding carboxylic acids is 1. The van der Waals surface area contributed by atoms with E-state index in [-0.39, 0.29) is 12.4 Å². The molecule has 0 bridgehead atoms. The predicted molar refractivity (Wildman–Crippen MR) is 95.0 cm³/mol. The van der Waals surface area contributed by atoms with Crippen LogP contribution in [0.5, 0.6) is 11.5 Å². The highest BCUT2D eigenvalue weighted by Gasteiger charge is 2.54. The van der Waals surface area contributed by atoms with Gasteiger partial charge in [0.15, 0.2) is 11.5 Å². The molecule has 0 amide bonds. The van der Waals surface area contributed by atoms with Gasteiger partial charge in [-0.15, -0.1) is 0 Å². The van der Waals surface area contributed by atoms with Gasteiger partial charge in [0.25, 0.3) is 0 Å². The standard InChI is InChI=1S/C18H27BO6/c1-17(2)18(3,4)25-19(24-17)13(11-15(20)22-6)12-9-8-10-14(21-5)16(12)23-7/h8-10,13H,11H2,1-7H3. The quantitative estimate of drug-likeness (QED) is 0.581. The van der Waals surface area contributed by atoms with Gasteiger partial charge in [0.1, 0.15) is 0 Å². The van der Waals surface area contributed by atoms with Gasteiger partial charge in [-0.2, -0.15) is 0 Å². The Hall–Kier alpha value is -1.73. The molecule has 0 radical (unpaired) electrons. The van der Waals surface area contributed by atoms with Crippen LogP contribution in [0, 0.1) is 0 Å². The predicted octanol–water partition coefficient (Wildman–Crippen LogP) is 2.98. The smallest absolute Gasteiger partial charge is 0.466 e. The lowest BCUT2D eigenvalue weighted by molar-refractivity contribution is -0.140. The molecular weight excluding hydrogens is 323 g/mol. The minimum Gasteiger partial charge on any atom is -0.493 e. The summed E-state index contributed by atoms with van der Waals surface area (Å²) in [6.45, 7) is 7.91. The zero-order chi connectivity index (χ0) is 18.8. The molecule has 1 aromatic carbocycles. The Morgan fingerprint density at radius 3 is 2.16 bits per heavy atom. The van der Waals surface area contributed by atoms with Crippen molar-refractivity contribution in [3.8, 4) is 11.5 Å². The molecule has 25 heavy (non-hydrogen) atoms. The van der Waals surface area contributed by atoms with Crippen molar-refractivity contribution in [2.75, 3.05) is 21.3 Å². The van der Waals surface area contributed by atoms with Crippen molar-refractivity contribution in [3.63, 3.8) is 0 Å². The molecule has 1 aliphatic rings. The molecule has 1 fully saturated rings. The van der Waals surface area contributed by atoms with Gasteiger partial charge in [-0.05, 0) is 39.3 Å². The monoisotopic (exact) mass is 350 g/mol. The number of para-hydroxylation sites is 1. The summed E-state index contributed by atoms with van der Waals surface area (Å²) in [5, 5.41) is 0. The van der Waals surface area contributed by atoms with Gasteiger partial charge in [0.2, 0.25) is 0 Å². The molecule has 1 heterocycles. The third kappa shape index (κ3) is 3.77. The van der Waals surface area contributed by atoms with Crippen LogP contribution in [-0.2, 0) is 18.8 Å². The number of hydrogen-bond donors (Lipinski definition) is 0. The van der Waals surface area contributed by atoms with Crippen LogP contribution in [0.2, 0.25) is 0 Å². The van der Waals surface area contributed by atoms with Crippen molar-refractivity contribution >= 4 is 13.1 Å². The van der Waals surface area contributed by atoms with Crippen molar-refractivity contribution < 1.29 is 28.3 Å². The van der Waals surface area contributed by atoms with E-state index in [0.717, 1.165) is 5.56 Å². The first-order valence-electron chi connectivity index (χ1n) is 8.30. The molecule has 0 spiro atoms. The molecule has 0 aliphatic carbocycles. The molecule has 6 nitrogen and oxygen atoms in total. The fourth-order valence-electron chi connectivity index (χ4n) is 2.87. The summed E-state index contributed by atoms with van der Waals surface area (Å²) >= 11 is 0. The average molecular weight is 350 g/mol. The molecule has 138 valence electrons. The highest BCUT2D eigenvalue weighted by atomic mass is 16.7. The Balaban J connectivity index is 2.47. The second-order valence-corrected chi connectivity index (χ2v) is 7.09. The van der Waals surface area contributed by atoms with E-state index in [1.807, 2.05) is 45.9 Å². The van der Waals surface area contributed by atoms with E-state index in [4.69, 9.17) is 23.5 Å². The zero-order valence-electron chi connectivity index (χ0n) is 16.0. The summed E-state index contributed by atoms with van der Waals surface area (Å²) in [6.07, 6.45) is 0.108. The lowest BCUT2D eigenvalue weighted by atomic mass is 9.66. The van der Waals surface area contributed by atoms with Crippen LogP contribution in [0.3, 0.4) is 0 Å². The third-order valence-electron chi connectivity index (χ3n) is 5.05. The number of hydrogen-bond acceptors (Lipinski definition) is 6. The van der Waals surface area contributed by atoms with Crippen molar-refractivity contribution in [3.05, 3.63) is 23.8 Å². The van der Waals surface area contributed by atoms with Crippen molar-refractivity contribution in [2.45, 2.75) is 51.1 Å². The summed E-state index contributed by atoms with van der Waals surface area (Å²) in [6, 6.07) is 5.55. The number of methoxy groups -OCH3 is 3. The number of ether oxygens (including phenoxy) is 3. The molecule has 0 aromatic heterocycles. The van der Waals surface area contributed by atoms with E-state index in [0.29, 0.717) is 11.5 Å². The van der Waals surface area contributed by atoms with Gasteiger partial charge >= 0.3 is 13.1 Å². The van der Waals surface area contributed by atoms with Crippen LogP contribution >= 0.6 is 0 Å². The lowest BCUT2D eigenvalue weighted by Gasteiger charge is -2.32. The summed E-state index contributed by atoms with van der Waals surface area (Å²) in [5.41, 5.74) is -0.221. The number of rotatable bonds is 6. The fraction of sp³-hybridized carbons (Fsp3) is 0.611. The number of esters is 1. The molecule has 2 rings (SSSR count). The molecule has 7 heteroatoms. The molecule has 1 atom stereocenters. The van der Waals surface area contributed by atoms with Gasteiger partial charge in [-0.25, -0.2) is 0 Å². The van der Waals surface area contributed by atoms with Gasteiger partial charge in [0.05, 0.1) is 39.0 Å². The number of benzene rings is 1. The molecule has 0 saturated carbocycles. The van der Waals surface area contributed by atoms with Crippen molar-refractivity contribution in [1.29, 1.82) is 0 Å². The van der Waals surface area contributed by atoms with E-state index in [2.05, 4.69) is 0 Å². The summed E-state index contributed by atoms with van der Waals surface area (Å²) in [5.74, 6) is 0.420. The Bertz CT molecular complexity index is 612. The van der Waals surface area contributed by atoms with Crippen molar-refractivity contribution in [2.24, 2.45) is 0 Å². The largest absolute Gasteiger partial charge is 0.493 e. The highest BCUT2D eigenvalue weighted by Crippen LogP contribution is 2.45. The normalized spacial score (nSPS) is 19.4. The SMILES string of the molecule is COC(=O)CC(B1OC(C)(C)C(C)(C)O1)c1cccc(OC)c1OC. The van der Waals surface area contributed by atoms with E-state index in [9.17, 15) is 4.79 Å². The second kappa shape index (κ2) is 7.26. The molecule has 0 N–H and O–H groups in total. The van der Waals surface area contributed by atoms with E-state index in [1.54, 1.807) is 14.2 Å². The maximum Gasteiger partial charge on any atom is 0.466 e. The van der Waals surface area contributed by atoms with Crippen LogP contribution in [0.15, 0.2) is 18.2 Å². The average Bonchev–Trinajstić information content (AvgIpc) is 2.79. The van der Waals surface area contributed by atoms with E-state index >= 15 is 0 Å². The first-order chi connectivity index (χ1) is 11.7. The maximum absolute atomic E-state index is 12.0.